The molecule has 1 aliphatic rings. The quantitative estimate of drug-likeness (QED) is 0.747. The molecule has 7 heteroatoms. The van der Waals surface area contributed by atoms with Crippen LogP contribution in [0.15, 0.2) is 12.1 Å². The van der Waals surface area contributed by atoms with Crippen molar-refractivity contribution in [2.45, 2.75) is 25.7 Å². The Bertz CT molecular complexity index is 620. The number of ether oxygens (including phenoxy) is 4. The first-order valence-corrected chi connectivity index (χ1v) is 8.71. The highest BCUT2D eigenvalue weighted by Crippen LogP contribution is 2.38. The average Bonchev–Trinajstić information content (AvgIpc) is 2.70. The Balaban J connectivity index is 2.10. The van der Waals surface area contributed by atoms with Crippen LogP contribution in [0, 0.1) is 11.8 Å². The highest BCUT2D eigenvalue weighted by Gasteiger charge is 2.32. The summed E-state index contributed by atoms with van der Waals surface area (Å²) in [6.07, 6.45) is 3.77. The van der Waals surface area contributed by atoms with Crippen LogP contribution < -0.4 is 19.5 Å². The van der Waals surface area contributed by atoms with Crippen LogP contribution in [0.4, 0.5) is 0 Å². The highest BCUT2D eigenvalue weighted by molar-refractivity contribution is 5.95. The molecule has 1 N–H and O–H groups in total. The van der Waals surface area contributed by atoms with Crippen molar-refractivity contribution in [3.05, 3.63) is 17.7 Å². The van der Waals surface area contributed by atoms with Crippen LogP contribution in [0.1, 0.15) is 36.0 Å². The minimum absolute atomic E-state index is 0.0854. The van der Waals surface area contributed by atoms with E-state index in [4.69, 9.17) is 18.9 Å². The monoisotopic (exact) mass is 365 g/mol. The van der Waals surface area contributed by atoms with Crippen molar-refractivity contribution in [3.63, 3.8) is 0 Å². The van der Waals surface area contributed by atoms with E-state index in [0.717, 1.165) is 25.7 Å². The lowest BCUT2D eigenvalue weighted by Crippen LogP contribution is -2.37. The summed E-state index contributed by atoms with van der Waals surface area (Å²) in [6, 6.07) is 3.21. The molecule has 1 saturated carbocycles. The van der Waals surface area contributed by atoms with Crippen LogP contribution >= 0.6 is 0 Å². The van der Waals surface area contributed by atoms with Gasteiger partial charge in [-0.1, -0.05) is 12.8 Å². The lowest BCUT2D eigenvalue weighted by Gasteiger charge is -2.29. The zero-order valence-electron chi connectivity index (χ0n) is 15.8. The van der Waals surface area contributed by atoms with Gasteiger partial charge in [-0.05, 0) is 30.9 Å². The van der Waals surface area contributed by atoms with Gasteiger partial charge in [0.05, 0.1) is 34.4 Å². The fraction of sp³-hybridized carbons (Fsp3) is 0.579. The van der Waals surface area contributed by atoms with E-state index in [9.17, 15) is 9.59 Å². The maximum Gasteiger partial charge on any atom is 0.309 e. The number of hydrogen-bond donors (Lipinski definition) is 1. The molecule has 0 radical (unpaired) electrons. The number of amides is 1. The third-order valence-corrected chi connectivity index (χ3v) is 4.86. The molecule has 2 atom stereocenters. The summed E-state index contributed by atoms with van der Waals surface area (Å²) in [7, 11) is 5.92. The van der Waals surface area contributed by atoms with E-state index in [-0.39, 0.29) is 23.7 Å². The number of carbonyl (C=O) groups is 2. The van der Waals surface area contributed by atoms with E-state index in [0.29, 0.717) is 29.4 Å². The minimum atomic E-state index is -0.251. The second-order valence-corrected chi connectivity index (χ2v) is 6.30. The molecule has 0 bridgehead atoms. The molecule has 0 aliphatic heterocycles. The third-order valence-electron chi connectivity index (χ3n) is 4.86. The number of hydrogen-bond acceptors (Lipinski definition) is 6. The largest absolute Gasteiger partial charge is 0.493 e. The van der Waals surface area contributed by atoms with Crippen LogP contribution in [-0.2, 0) is 9.53 Å². The number of rotatable bonds is 7. The summed E-state index contributed by atoms with van der Waals surface area (Å²) < 4.78 is 20.7. The molecule has 0 spiro atoms. The van der Waals surface area contributed by atoms with Crippen molar-refractivity contribution < 1.29 is 28.5 Å². The Morgan fingerprint density at radius 3 is 2.15 bits per heavy atom. The normalized spacial score (nSPS) is 19.4. The standard InChI is InChI=1S/C19H27NO6/c1-23-15-9-13(10-16(24-2)17(15)25-3)18(21)20-11-12-7-5-6-8-14(12)19(22)26-4/h9-10,12,14H,5-8,11H2,1-4H3,(H,20,21). The van der Waals surface area contributed by atoms with Crippen molar-refractivity contribution in [2.75, 3.05) is 35.0 Å². The Morgan fingerprint density at radius 2 is 1.62 bits per heavy atom. The van der Waals surface area contributed by atoms with E-state index < -0.39 is 0 Å². The van der Waals surface area contributed by atoms with Crippen LogP contribution in [0.2, 0.25) is 0 Å². The first-order valence-electron chi connectivity index (χ1n) is 8.71. The van der Waals surface area contributed by atoms with Gasteiger partial charge in [-0.3, -0.25) is 9.59 Å². The second-order valence-electron chi connectivity index (χ2n) is 6.30. The molecule has 1 aliphatic carbocycles. The van der Waals surface area contributed by atoms with Crippen molar-refractivity contribution in [1.29, 1.82) is 0 Å². The fourth-order valence-electron chi connectivity index (χ4n) is 3.45. The zero-order valence-corrected chi connectivity index (χ0v) is 15.8. The van der Waals surface area contributed by atoms with E-state index in [1.807, 2.05) is 0 Å². The lowest BCUT2D eigenvalue weighted by molar-refractivity contribution is -0.148. The topological polar surface area (TPSA) is 83.1 Å². The van der Waals surface area contributed by atoms with E-state index in [1.165, 1.54) is 28.4 Å². The predicted molar refractivity (Wildman–Crippen MR) is 95.9 cm³/mol. The van der Waals surface area contributed by atoms with Gasteiger partial charge >= 0.3 is 5.97 Å². The van der Waals surface area contributed by atoms with Crippen LogP contribution in [0.5, 0.6) is 17.2 Å². The van der Waals surface area contributed by atoms with E-state index in [1.54, 1.807) is 12.1 Å². The molecule has 144 valence electrons. The first kappa shape index (κ1) is 19.9. The molecule has 1 aromatic rings. The molecule has 1 aromatic carbocycles. The molecule has 0 aromatic heterocycles. The van der Waals surface area contributed by atoms with Crippen molar-refractivity contribution in [1.82, 2.24) is 5.32 Å². The Labute approximate surface area is 153 Å². The molecule has 26 heavy (non-hydrogen) atoms. The smallest absolute Gasteiger partial charge is 0.309 e. The molecule has 0 saturated heterocycles. The van der Waals surface area contributed by atoms with Gasteiger partial charge < -0.3 is 24.3 Å². The molecular formula is C19H27NO6. The summed E-state index contributed by atoms with van der Waals surface area (Å²) in [5, 5.41) is 2.92. The molecule has 2 unspecified atom stereocenters. The average molecular weight is 365 g/mol. The van der Waals surface area contributed by atoms with Gasteiger partial charge in [-0.2, -0.15) is 0 Å². The maximum atomic E-state index is 12.6. The van der Waals surface area contributed by atoms with Gasteiger partial charge in [0.15, 0.2) is 11.5 Å². The molecule has 7 nitrogen and oxygen atoms in total. The summed E-state index contributed by atoms with van der Waals surface area (Å²) >= 11 is 0. The van der Waals surface area contributed by atoms with Gasteiger partial charge in [-0.25, -0.2) is 0 Å². The molecule has 0 heterocycles. The van der Waals surface area contributed by atoms with Gasteiger partial charge in [0.2, 0.25) is 5.75 Å². The van der Waals surface area contributed by atoms with Crippen molar-refractivity contribution in [2.24, 2.45) is 11.8 Å². The van der Waals surface area contributed by atoms with E-state index >= 15 is 0 Å². The van der Waals surface area contributed by atoms with Crippen LogP contribution in [0.3, 0.4) is 0 Å². The van der Waals surface area contributed by atoms with Crippen molar-refractivity contribution >= 4 is 11.9 Å². The zero-order chi connectivity index (χ0) is 19.1. The molecule has 2 rings (SSSR count). The second kappa shape index (κ2) is 9.31. The predicted octanol–water partition coefficient (Wildman–Crippen LogP) is 2.42. The van der Waals surface area contributed by atoms with Gasteiger partial charge in [-0.15, -0.1) is 0 Å². The summed E-state index contributed by atoms with van der Waals surface area (Å²) in [4.78, 5) is 24.5. The SMILES string of the molecule is COC(=O)C1CCCCC1CNC(=O)c1cc(OC)c(OC)c(OC)c1. The maximum absolute atomic E-state index is 12.6. The molecule has 1 fully saturated rings. The highest BCUT2D eigenvalue weighted by atomic mass is 16.5. The Hall–Kier alpha value is -2.44. The molecular weight excluding hydrogens is 338 g/mol. The van der Waals surface area contributed by atoms with E-state index in [2.05, 4.69) is 5.32 Å². The van der Waals surface area contributed by atoms with Gasteiger partial charge in [0, 0.05) is 12.1 Å². The van der Waals surface area contributed by atoms with Gasteiger partial charge in [0.25, 0.3) is 5.91 Å². The summed E-state index contributed by atoms with van der Waals surface area (Å²) in [5.74, 6) is 0.750. The summed E-state index contributed by atoms with van der Waals surface area (Å²) in [5.41, 5.74) is 0.407. The fourth-order valence-corrected chi connectivity index (χ4v) is 3.45. The number of benzene rings is 1. The number of carbonyl (C=O) groups excluding carboxylic acids is 2. The minimum Gasteiger partial charge on any atom is -0.493 e. The van der Waals surface area contributed by atoms with Crippen molar-refractivity contribution in [3.8, 4) is 17.2 Å². The Morgan fingerprint density at radius 1 is 1.00 bits per heavy atom. The van der Waals surface area contributed by atoms with Gasteiger partial charge in [0.1, 0.15) is 0 Å². The Kier molecular flexibility index (Phi) is 7.12. The molecule has 1 amide bonds. The number of methoxy groups -OCH3 is 4. The summed E-state index contributed by atoms with van der Waals surface area (Å²) in [6.45, 7) is 0.426. The van der Waals surface area contributed by atoms with Crippen LogP contribution in [-0.4, -0.2) is 46.9 Å². The third kappa shape index (κ3) is 4.39. The first-order chi connectivity index (χ1) is 12.5. The number of esters is 1. The number of nitrogens with one attached hydrogen (secondary N) is 1. The van der Waals surface area contributed by atoms with Crippen LogP contribution in [0.25, 0.3) is 0 Å². The lowest BCUT2D eigenvalue weighted by atomic mass is 9.79.